The summed E-state index contributed by atoms with van der Waals surface area (Å²) in [7, 11) is 1.28. The summed E-state index contributed by atoms with van der Waals surface area (Å²) in [4.78, 5) is 16.6. The third kappa shape index (κ3) is 4.30. The first-order chi connectivity index (χ1) is 15.2. The minimum absolute atomic E-state index is 0.0701. The van der Waals surface area contributed by atoms with E-state index in [9.17, 15) is 23.2 Å². The van der Waals surface area contributed by atoms with Crippen molar-refractivity contribution < 1.29 is 27.4 Å². The van der Waals surface area contributed by atoms with Crippen molar-refractivity contribution >= 4 is 29.1 Å². The molecule has 180 valence electrons. The molecule has 7 nitrogen and oxygen atoms in total. The average Bonchev–Trinajstić information content (AvgIpc) is 3.01. The van der Waals surface area contributed by atoms with E-state index >= 15 is 0 Å². The first-order valence-corrected chi connectivity index (χ1v) is 11.5. The van der Waals surface area contributed by atoms with Gasteiger partial charge in [-0.05, 0) is 12.8 Å². The van der Waals surface area contributed by atoms with E-state index in [0.717, 1.165) is 9.69 Å². The molecule has 0 radical (unpaired) electrons. The summed E-state index contributed by atoms with van der Waals surface area (Å²) in [6, 6.07) is 2.15. The lowest BCUT2D eigenvalue weighted by Gasteiger charge is -2.22. The molecule has 33 heavy (non-hydrogen) atoms. The molecule has 1 saturated carbocycles. The monoisotopic (exact) mass is 504 g/mol. The lowest BCUT2D eigenvalue weighted by Crippen LogP contribution is -2.31. The van der Waals surface area contributed by atoms with Gasteiger partial charge in [-0.15, -0.1) is 11.3 Å². The lowest BCUT2D eigenvalue weighted by atomic mass is 9.85. The lowest BCUT2D eigenvalue weighted by molar-refractivity contribution is -0.142. The van der Waals surface area contributed by atoms with Crippen LogP contribution in [0.15, 0.2) is 5.38 Å². The van der Waals surface area contributed by atoms with Gasteiger partial charge in [0.15, 0.2) is 5.69 Å². The van der Waals surface area contributed by atoms with Gasteiger partial charge < -0.3 is 9.47 Å². The number of halogens is 4. The quantitative estimate of drug-likeness (QED) is 0.482. The van der Waals surface area contributed by atoms with E-state index < -0.39 is 35.5 Å². The van der Waals surface area contributed by atoms with Crippen LogP contribution < -0.4 is 0 Å². The Bertz CT molecular complexity index is 1100. The molecule has 2 heterocycles. The van der Waals surface area contributed by atoms with Gasteiger partial charge in [-0.2, -0.15) is 23.5 Å². The normalized spacial score (nSPS) is 22.7. The average molecular weight is 505 g/mol. The summed E-state index contributed by atoms with van der Waals surface area (Å²) in [6.07, 6.45) is -5.39. The molecule has 2 aromatic rings. The van der Waals surface area contributed by atoms with E-state index in [2.05, 4.69) is 16.2 Å². The van der Waals surface area contributed by atoms with Crippen LogP contribution in [0.4, 0.5) is 18.0 Å². The number of nitrogens with zero attached hydrogens (tertiary/aromatic N) is 4. The van der Waals surface area contributed by atoms with Crippen LogP contribution in [0.3, 0.4) is 0 Å². The van der Waals surface area contributed by atoms with E-state index in [1.807, 2.05) is 20.8 Å². The highest BCUT2D eigenvalue weighted by Gasteiger charge is 2.75. The summed E-state index contributed by atoms with van der Waals surface area (Å²) in [5.74, 6) is 0. The van der Waals surface area contributed by atoms with Crippen molar-refractivity contribution in [1.82, 2.24) is 14.8 Å². The van der Waals surface area contributed by atoms with Gasteiger partial charge in [0, 0.05) is 23.4 Å². The zero-order valence-electron chi connectivity index (χ0n) is 18.8. The van der Waals surface area contributed by atoms with Crippen LogP contribution in [0.1, 0.15) is 62.5 Å². The standard InChI is InChI=1S/C21H24ClF3N4O3S/c1-6-7-31-17(30)32-11-20(13-14(21(23,24)25)28-29(5)15(13)22)9-19(20,10-26)12-8-33-16(27-12)18(2,3)4/h8H,6-7,9,11H2,1-5H3. The molecule has 1 aliphatic carbocycles. The maximum Gasteiger partial charge on any atom is 0.508 e. The maximum absolute atomic E-state index is 13.9. The molecule has 0 saturated heterocycles. The van der Waals surface area contributed by atoms with Crippen molar-refractivity contribution in [3.05, 3.63) is 32.5 Å². The highest BCUT2D eigenvalue weighted by atomic mass is 35.5. The summed E-state index contributed by atoms with van der Waals surface area (Å²) in [6.45, 7) is 7.18. The highest BCUT2D eigenvalue weighted by molar-refractivity contribution is 7.09. The number of aromatic nitrogens is 3. The van der Waals surface area contributed by atoms with E-state index in [1.165, 1.54) is 18.4 Å². The Morgan fingerprint density at radius 2 is 2.03 bits per heavy atom. The van der Waals surface area contributed by atoms with Gasteiger partial charge in [-0.1, -0.05) is 39.3 Å². The first-order valence-electron chi connectivity index (χ1n) is 10.2. The van der Waals surface area contributed by atoms with E-state index in [0.29, 0.717) is 12.1 Å². The maximum atomic E-state index is 13.9. The van der Waals surface area contributed by atoms with Crippen LogP contribution >= 0.6 is 22.9 Å². The minimum atomic E-state index is -4.83. The number of rotatable bonds is 6. The Labute approximate surface area is 198 Å². The predicted molar refractivity (Wildman–Crippen MR) is 115 cm³/mol. The molecule has 2 unspecified atom stereocenters. The number of hydrogen-bond donors (Lipinski definition) is 0. The molecule has 0 spiro atoms. The van der Waals surface area contributed by atoms with Gasteiger partial charge in [-0.3, -0.25) is 4.68 Å². The number of thiazole rings is 1. The summed E-state index contributed by atoms with van der Waals surface area (Å²) in [5, 5.41) is 15.9. The van der Waals surface area contributed by atoms with E-state index in [-0.39, 0.29) is 29.2 Å². The van der Waals surface area contributed by atoms with Crippen molar-refractivity contribution in [2.24, 2.45) is 7.05 Å². The van der Waals surface area contributed by atoms with Crippen LogP contribution in [0.25, 0.3) is 0 Å². The fraction of sp³-hybridized carbons (Fsp3) is 0.619. The van der Waals surface area contributed by atoms with E-state index in [4.69, 9.17) is 21.1 Å². The molecule has 2 atom stereocenters. The Hall–Kier alpha value is -2.32. The highest BCUT2D eigenvalue weighted by Crippen LogP contribution is 2.68. The molecule has 1 fully saturated rings. The van der Waals surface area contributed by atoms with Crippen molar-refractivity contribution in [3.8, 4) is 6.07 Å². The molecule has 0 bridgehead atoms. The van der Waals surface area contributed by atoms with Crippen molar-refractivity contribution in [2.45, 2.75) is 63.0 Å². The number of carbonyl (C=O) groups excluding carboxylic acids is 1. The molecule has 0 N–H and O–H groups in total. The Kier molecular flexibility index (Phi) is 6.50. The fourth-order valence-corrected chi connectivity index (χ4v) is 5.14. The van der Waals surface area contributed by atoms with Gasteiger partial charge in [0.2, 0.25) is 0 Å². The smallest absolute Gasteiger partial charge is 0.434 e. The van der Waals surface area contributed by atoms with Crippen LogP contribution in [-0.2, 0) is 38.9 Å². The molecule has 12 heteroatoms. The largest absolute Gasteiger partial charge is 0.508 e. The van der Waals surface area contributed by atoms with Crippen LogP contribution in [-0.4, -0.2) is 34.1 Å². The summed E-state index contributed by atoms with van der Waals surface area (Å²) >= 11 is 7.61. The van der Waals surface area contributed by atoms with Crippen molar-refractivity contribution in [1.29, 1.82) is 5.26 Å². The number of aryl methyl sites for hydroxylation is 1. The van der Waals surface area contributed by atoms with Crippen LogP contribution in [0.5, 0.6) is 0 Å². The molecule has 3 rings (SSSR count). The number of hydrogen-bond acceptors (Lipinski definition) is 7. The fourth-order valence-electron chi connectivity index (χ4n) is 3.85. The topological polar surface area (TPSA) is 90.0 Å². The molecule has 0 aliphatic heterocycles. The van der Waals surface area contributed by atoms with Gasteiger partial charge in [0.1, 0.15) is 17.2 Å². The van der Waals surface area contributed by atoms with E-state index in [1.54, 1.807) is 12.3 Å². The zero-order valence-corrected chi connectivity index (χ0v) is 20.4. The van der Waals surface area contributed by atoms with Crippen LogP contribution in [0.2, 0.25) is 5.15 Å². The summed E-state index contributed by atoms with van der Waals surface area (Å²) < 4.78 is 52.8. The second kappa shape index (κ2) is 8.47. The van der Waals surface area contributed by atoms with Crippen LogP contribution in [0, 0.1) is 11.3 Å². The molecule has 1 aliphatic rings. The van der Waals surface area contributed by atoms with Gasteiger partial charge in [0.25, 0.3) is 0 Å². The Morgan fingerprint density at radius 1 is 1.36 bits per heavy atom. The molecule has 0 aromatic carbocycles. The van der Waals surface area contributed by atoms with Gasteiger partial charge >= 0.3 is 12.3 Å². The zero-order chi connectivity index (χ0) is 24.8. The third-order valence-electron chi connectivity index (χ3n) is 5.62. The van der Waals surface area contributed by atoms with Crippen molar-refractivity contribution in [2.75, 3.05) is 13.2 Å². The summed E-state index contributed by atoms with van der Waals surface area (Å²) in [5.41, 5.74) is -4.67. The Balaban J connectivity index is 2.15. The minimum Gasteiger partial charge on any atom is -0.434 e. The van der Waals surface area contributed by atoms with Gasteiger partial charge in [0.05, 0.1) is 28.8 Å². The third-order valence-corrected chi connectivity index (χ3v) is 7.32. The molecular formula is C21H24ClF3N4O3S. The SMILES string of the molecule is CCCOC(=O)OCC1(c2c(C(F)(F)F)nn(C)c2Cl)CC1(C#N)c1csc(C(C)(C)C)n1. The number of alkyl halides is 3. The number of ether oxygens (including phenoxy) is 2. The number of carbonyl (C=O) groups is 1. The first kappa shape index (κ1) is 25.3. The second-order valence-electron chi connectivity index (χ2n) is 9.09. The second-order valence-corrected chi connectivity index (χ2v) is 10.3. The molecule has 0 amide bonds. The Morgan fingerprint density at radius 3 is 2.55 bits per heavy atom. The van der Waals surface area contributed by atoms with Gasteiger partial charge in [-0.25, -0.2) is 9.78 Å². The number of nitriles is 1. The predicted octanol–water partition coefficient (Wildman–Crippen LogP) is 5.51. The molecular weight excluding hydrogens is 481 g/mol. The van der Waals surface area contributed by atoms with Crippen molar-refractivity contribution in [3.63, 3.8) is 0 Å². The molecule has 2 aromatic heterocycles.